The van der Waals surface area contributed by atoms with Crippen LogP contribution in [0.1, 0.15) is 63.0 Å². The fourth-order valence-electron chi connectivity index (χ4n) is 5.25. The van der Waals surface area contributed by atoms with Crippen LogP contribution in [0, 0.1) is 11.3 Å². The predicted molar refractivity (Wildman–Crippen MR) is 99.8 cm³/mol. The van der Waals surface area contributed by atoms with Gasteiger partial charge in [0.15, 0.2) is 0 Å². The predicted octanol–water partition coefficient (Wildman–Crippen LogP) is 4.16. The summed E-state index contributed by atoms with van der Waals surface area (Å²) in [5.74, 6) is 0.914. The van der Waals surface area contributed by atoms with Crippen LogP contribution in [0.3, 0.4) is 0 Å². The van der Waals surface area contributed by atoms with E-state index in [-0.39, 0.29) is 11.8 Å². The number of halogens is 1. The van der Waals surface area contributed by atoms with Crippen LogP contribution < -0.4 is 0 Å². The molecule has 3 fully saturated rings. The lowest BCUT2D eigenvalue weighted by Crippen LogP contribution is -2.61. The third-order valence-corrected chi connectivity index (χ3v) is 7.08. The molecule has 136 valence electrons. The van der Waals surface area contributed by atoms with Gasteiger partial charge in [0.25, 0.3) is 0 Å². The van der Waals surface area contributed by atoms with Gasteiger partial charge in [-0.25, -0.2) is 0 Å². The Labute approximate surface area is 155 Å². The number of nitrogens with zero attached hydrogens (tertiary/aromatic N) is 1. The summed E-state index contributed by atoms with van der Waals surface area (Å²) in [5.41, 5.74) is 2.37. The first-order chi connectivity index (χ1) is 11.8. The Hall–Kier alpha value is -1.06. The van der Waals surface area contributed by atoms with Crippen molar-refractivity contribution in [3.05, 3.63) is 34.3 Å². The lowest BCUT2D eigenvalue weighted by molar-refractivity contribution is -0.161. The van der Waals surface area contributed by atoms with Crippen molar-refractivity contribution in [3.8, 4) is 0 Å². The summed E-state index contributed by atoms with van der Waals surface area (Å²) in [4.78, 5) is 14.5. The van der Waals surface area contributed by atoms with Crippen molar-refractivity contribution in [1.82, 2.24) is 4.90 Å². The molecule has 0 aromatic heterocycles. The molecule has 1 amide bonds. The lowest BCUT2D eigenvalue weighted by atomic mass is 9.69. The van der Waals surface area contributed by atoms with E-state index in [0.29, 0.717) is 24.2 Å². The molecule has 1 unspecified atom stereocenters. The number of carbonyl (C=O) groups excluding carboxylic acids is 1. The van der Waals surface area contributed by atoms with Gasteiger partial charge in [0, 0.05) is 29.4 Å². The van der Waals surface area contributed by atoms with Crippen LogP contribution in [0.4, 0.5) is 0 Å². The standard InChI is InChI=1S/C21H28ClNO2/c1-3-14-8-15(4-5-18(14)22)16-6-7-21(11-16)12-23(13-21)19(24)17-9-20(2,25)10-17/h4-5,8,16-17,25H,3,6-7,9-13H2,1-2H3. The fourth-order valence-corrected chi connectivity index (χ4v) is 5.50. The molecular weight excluding hydrogens is 334 g/mol. The summed E-state index contributed by atoms with van der Waals surface area (Å²) in [6.07, 6.45) is 5.84. The lowest BCUT2D eigenvalue weighted by Gasteiger charge is -2.52. The maximum absolute atomic E-state index is 12.5. The third-order valence-electron chi connectivity index (χ3n) is 6.71. The Kier molecular flexibility index (Phi) is 4.16. The normalized spacial score (nSPS) is 33.2. The van der Waals surface area contributed by atoms with Gasteiger partial charge in [-0.2, -0.15) is 0 Å². The minimum Gasteiger partial charge on any atom is -0.390 e. The summed E-state index contributed by atoms with van der Waals surface area (Å²) >= 11 is 6.26. The second-order valence-electron chi connectivity index (χ2n) is 8.94. The second-order valence-corrected chi connectivity index (χ2v) is 9.35. The van der Waals surface area contributed by atoms with Crippen LogP contribution in [0.25, 0.3) is 0 Å². The number of aryl methyl sites for hydroxylation is 1. The van der Waals surface area contributed by atoms with Gasteiger partial charge in [0.2, 0.25) is 5.91 Å². The monoisotopic (exact) mass is 361 g/mol. The van der Waals surface area contributed by atoms with E-state index >= 15 is 0 Å². The Morgan fingerprint density at radius 1 is 1.32 bits per heavy atom. The molecule has 1 spiro atoms. The van der Waals surface area contributed by atoms with Gasteiger partial charge in [-0.05, 0) is 68.6 Å². The molecule has 1 saturated heterocycles. The molecule has 3 aliphatic rings. The molecule has 25 heavy (non-hydrogen) atoms. The molecular formula is C21H28ClNO2. The highest BCUT2D eigenvalue weighted by Crippen LogP contribution is 2.53. The molecule has 3 nitrogen and oxygen atoms in total. The summed E-state index contributed by atoms with van der Waals surface area (Å²) in [5, 5.41) is 10.7. The highest BCUT2D eigenvalue weighted by Gasteiger charge is 2.53. The van der Waals surface area contributed by atoms with Crippen LogP contribution in [-0.4, -0.2) is 34.6 Å². The van der Waals surface area contributed by atoms with Gasteiger partial charge in [-0.15, -0.1) is 0 Å². The van der Waals surface area contributed by atoms with E-state index in [1.807, 2.05) is 17.9 Å². The van der Waals surface area contributed by atoms with E-state index in [1.54, 1.807) is 0 Å². The van der Waals surface area contributed by atoms with Crippen molar-refractivity contribution in [2.75, 3.05) is 13.1 Å². The molecule has 0 bridgehead atoms. The minimum atomic E-state index is -0.618. The number of hydrogen-bond acceptors (Lipinski definition) is 2. The molecule has 0 radical (unpaired) electrons. The summed E-state index contributed by atoms with van der Waals surface area (Å²) in [6.45, 7) is 5.80. The average Bonchev–Trinajstić information content (AvgIpc) is 2.96. The summed E-state index contributed by atoms with van der Waals surface area (Å²) in [7, 11) is 0. The molecule has 1 aromatic rings. The number of benzene rings is 1. The largest absolute Gasteiger partial charge is 0.390 e. The maximum atomic E-state index is 12.5. The maximum Gasteiger partial charge on any atom is 0.225 e. The van der Waals surface area contributed by atoms with Crippen LogP contribution in [0.5, 0.6) is 0 Å². The second kappa shape index (κ2) is 5.99. The topological polar surface area (TPSA) is 40.5 Å². The zero-order valence-electron chi connectivity index (χ0n) is 15.2. The molecule has 1 aliphatic heterocycles. The Morgan fingerprint density at radius 3 is 2.68 bits per heavy atom. The highest BCUT2D eigenvalue weighted by molar-refractivity contribution is 6.31. The number of amides is 1. The molecule has 2 aliphatic carbocycles. The first-order valence-electron chi connectivity index (χ1n) is 9.60. The van der Waals surface area contributed by atoms with Crippen molar-refractivity contribution in [1.29, 1.82) is 0 Å². The zero-order chi connectivity index (χ0) is 17.8. The molecule has 1 N–H and O–H groups in total. The fraction of sp³-hybridized carbons (Fsp3) is 0.667. The molecule has 1 aromatic carbocycles. The van der Waals surface area contributed by atoms with Gasteiger partial charge in [-0.3, -0.25) is 4.79 Å². The van der Waals surface area contributed by atoms with E-state index in [4.69, 9.17) is 11.6 Å². The van der Waals surface area contributed by atoms with Crippen molar-refractivity contribution in [3.63, 3.8) is 0 Å². The number of rotatable bonds is 3. The van der Waals surface area contributed by atoms with Gasteiger partial charge in [-0.1, -0.05) is 30.7 Å². The van der Waals surface area contributed by atoms with E-state index < -0.39 is 5.60 Å². The van der Waals surface area contributed by atoms with Crippen LogP contribution in [0.15, 0.2) is 18.2 Å². The molecule has 4 rings (SSSR count). The van der Waals surface area contributed by atoms with Gasteiger partial charge < -0.3 is 10.0 Å². The van der Waals surface area contributed by atoms with Crippen molar-refractivity contribution in [2.45, 2.75) is 63.9 Å². The third kappa shape index (κ3) is 3.10. The first-order valence-corrected chi connectivity index (χ1v) is 9.98. The van der Waals surface area contributed by atoms with E-state index in [1.165, 1.54) is 30.4 Å². The minimum absolute atomic E-state index is 0.0490. The number of carbonyl (C=O) groups is 1. The molecule has 2 saturated carbocycles. The first kappa shape index (κ1) is 17.4. The molecule has 1 atom stereocenters. The molecule has 1 heterocycles. The van der Waals surface area contributed by atoms with Crippen LogP contribution in [-0.2, 0) is 11.2 Å². The van der Waals surface area contributed by atoms with Crippen LogP contribution in [0.2, 0.25) is 5.02 Å². The zero-order valence-corrected chi connectivity index (χ0v) is 16.0. The van der Waals surface area contributed by atoms with Gasteiger partial charge in [0.1, 0.15) is 0 Å². The Balaban J connectivity index is 1.35. The smallest absolute Gasteiger partial charge is 0.225 e. The van der Waals surface area contributed by atoms with Crippen LogP contribution >= 0.6 is 11.6 Å². The van der Waals surface area contributed by atoms with Gasteiger partial charge in [0.05, 0.1) is 5.60 Å². The van der Waals surface area contributed by atoms with E-state index in [9.17, 15) is 9.90 Å². The average molecular weight is 362 g/mol. The Bertz CT molecular complexity index is 685. The molecule has 4 heteroatoms. The van der Waals surface area contributed by atoms with E-state index in [0.717, 1.165) is 24.5 Å². The number of likely N-dealkylation sites (tertiary alicyclic amines) is 1. The Morgan fingerprint density at radius 2 is 2.04 bits per heavy atom. The number of aliphatic hydroxyl groups is 1. The summed E-state index contributed by atoms with van der Waals surface area (Å²) < 4.78 is 0. The quantitative estimate of drug-likeness (QED) is 0.878. The summed E-state index contributed by atoms with van der Waals surface area (Å²) in [6, 6.07) is 6.51. The van der Waals surface area contributed by atoms with Crippen molar-refractivity contribution < 1.29 is 9.90 Å². The van der Waals surface area contributed by atoms with Gasteiger partial charge >= 0.3 is 0 Å². The van der Waals surface area contributed by atoms with Crippen molar-refractivity contribution >= 4 is 17.5 Å². The SMILES string of the molecule is CCc1cc(C2CCC3(C2)CN(C(=O)C2CC(C)(O)C2)C3)ccc1Cl. The van der Waals surface area contributed by atoms with E-state index in [2.05, 4.69) is 19.1 Å². The number of hydrogen-bond donors (Lipinski definition) is 1. The van der Waals surface area contributed by atoms with Crippen molar-refractivity contribution in [2.24, 2.45) is 11.3 Å². The highest BCUT2D eigenvalue weighted by atomic mass is 35.5.